The highest BCUT2D eigenvalue weighted by molar-refractivity contribution is 7.98. The van der Waals surface area contributed by atoms with Gasteiger partial charge in [0.15, 0.2) is 0 Å². The van der Waals surface area contributed by atoms with Gasteiger partial charge in [0.05, 0.1) is 39.9 Å². The lowest BCUT2D eigenvalue weighted by atomic mass is 9.81. The molecular formula is C42H52ClN9O5S. The summed E-state index contributed by atoms with van der Waals surface area (Å²) in [6.45, 7) is 11.0. The fourth-order valence-electron chi connectivity index (χ4n) is 9.51. The zero-order chi connectivity index (χ0) is 41.5. The smallest absolute Gasteiger partial charge is 0.323 e. The molecule has 16 heteroatoms. The number of halogens is 1. The van der Waals surface area contributed by atoms with Crippen molar-refractivity contribution in [3.63, 3.8) is 0 Å². The largest absolute Gasteiger partial charge is 0.338 e. The molecule has 0 spiro atoms. The molecule has 0 radical (unpaired) electrons. The summed E-state index contributed by atoms with van der Waals surface area (Å²) in [5.41, 5.74) is 1.38. The molecule has 4 fully saturated rings. The van der Waals surface area contributed by atoms with Gasteiger partial charge in [-0.05, 0) is 121 Å². The number of piperazine rings is 1. The van der Waals surface area contributed by atoms with Crippen molar-refractivity contribution in [3.8, 4) is 6.07 Å². The van der Waals surface area contributed by atoms with Crippen LogP contribution in [0.5, 0.6) is 0 Å². The molecule has 3 saturated heterocycles. The van der Waals surface area contributed by atoms with E-state index in [1.165, 1.54) is 4.31 Å². The Kier molecular flexibility index (Phi) is 12.2. The third-order valence-corrected chi connectivity index (χ3v) is 13.7. The average molecular weight is 830 g/mol. The summed E-state index contributed by atoms with van der Waals surface area (Å²) in [5.74, 6) is -0.914. The van der Waals surface area contributed by atoms with E-state index in [9.17, 15) is 29.2 Å². The molecule has 4 aliphatic rings. The van der Waals surface area contributed by atoms with Gasteiger partial charge in [0.1, 0.15) is 11.6 Å². The molecule has 1 aromatic heterocycles. The third kappa shape index (κ3) is 8.34. The Labute approximate surface area is 348 Å². The number of imide groups is 2. The minimum Gasteiger partial charge on any atom is -0.323 e. The number of fused-ring (bicyclic) bond motifs is 1. The van der Waals surface area contributed by atoms with Crippen LogP contribution in [0.25, 0.3) is 10.9 Å². The number of aryl methyl sites for hydroxylation is 1. The Morgan fingerprint density at radius 1 is 1.05 bits per heavy atom. The highest BCUT2D eigenvalue weighted by atomic mass is 35.5. The summed E-state index contributed by atoms with van der Waals surface area (Å²) in [5, 5.41) is 20.5. The molecule has 1 saturated carbocycles. The van der Waals surface area contributed by atoms with Crippen molar-refractivity contribution in [2.24, 2.45) is 13.0 Å². The second kappa shape index (κ2) is 17.0. The lowest BCUT2D eigenvalue weighted by Crippen LogP contribution is -2.58. The van der Waals surface area contributed by atoms with Crippen LogP contribution in [0, 0.1) is 17.2 Å². The molecule has 0 bridgehead atoms. The Morgan fingerprint density at radius 3 is 2.45 bits per heavy atom. The van der Waals surface area contributed by atoms with Crippen molar-refractivity contribution in [1.29, 1.82) is 5.26 Å². The molecule has 3 aromatic rings. The van der Waals surface area contributed by atoms with Crippen molar-refractivity contribution in [2.45, 2.75) is 114 Å². The lowest BCUT2D eigenvalue weighted by Gasteiger charge is -2.44. The van der Waals surface area contributed by atoms with Gasteiger partial charge in [-0.2, -0.15) is 14.7 Å². The Bertz CT molecular complexity index is 2150. The summed E-state index contributed by atoms with van der Waals surface area (Å²) in [7, 11) is 1.80. The van der Waals surface area contributed by atoms with Crippen LogP contribution in [0.1, 0.15) is 96.2 Å². The van der Waals surface area contributed by atoms with Gasteiger partial charge in [-0.15, -0.1) is 0 Å². The molecular weight excluding hydrogens is 778 g/mol. The van der Waals surface area contributed by atoms with Crippen molar-refractivity contribution >= 4 is 69.8 Å². The summed E-state index contributed by atoms with van der Waals surface area (Å²) in [6, 6.07) is 12.6. The van der Waals surface area contributed by atoms with E-state index >= 15 is 0 Å². The fraction of sp³-hybridized carbons (Fsp3) is 0.548. The van der Waals surface area contributed by atoms with E-state index in [2.05, 4.69) is 39.4 Å². The molecule has 1 aliphatic carbocycles. The first-order chi connectivity index (χ1) is 27.7. The van der Waals surface area contributed by atoms with Crippen LogP contribution in [0.4, 0.5) is 10.5 Å². The molecule has 4 heterocycles. The predicted octanol–water partition coefficient (Wildman–Crippen LogP) is 6.04. The van der Waals surface area contributed by atoms with Gasteiger partial charge < -0.3 is 15.1 Å². The topological polar surface area (TPSA) is 164 Å². The predicted molar refractivity (Wildman–Crippen MR) is 222 cm³/mol. The summed E-state index contributed by atoms with van der Waals surface area (Å²) < 4.78 is 2.94. The Balaban J connectivity index is 0.865. The summed E-state index contributed by atoms with van der Waals surface area (Å²) >= 11 is 7.27. The number of hydrogen-bond donors (Lipinski definition) is 2. The quantitative estimate of drug-likeness (QED) is 0.132. The monoisotopic (exact) mass is 829 g/mol. The first-order valence-electron chi connectivity index (χ1n) is 20.3. The molecule has 7 rings (SSSR count). The highest BCUT2D eigenvalue weighted by Crippen LogP contribution is 2.42. The van der Waals surface area contributed by atoms with Gasteiger partial charge >= 0.3 is 6.03 Å². The van der Waals surface area contributed by atoms with Crippen LogP contribution in [0.15, 0.2) is 41.3 Å². The molecule has 58 heavy (non-hydrogen) atoms. The highest BCUT2D eigenvalue weighted by Gasteiger charge is 2.54. The first kappa shape index (κ1) is 41.7. The molecule has 14 nitrogen and oxygen atoms in total. The van der Waals surface area contributed by atoms with Gasteiger partial charge in [-0.3, -0.25) is 34.1 Å². The number of urea groups is 1. The maximum Gasteiger partial charge on any atom is 0.338 e. The number of carbonyl (C=O) groups is 5. The first-order valence-corrected chi connectivity index (χ1v) is 21.4. The van der Waals surface area contributed by atoms with E-state index in [1.807, 2.05) is 38.1 Å². The van der Waals surface area contributed by atoms with Crippen molar-refractivity contribution in [3.05, 3.63) is 52.7 Å². The second-order valence-electron chi connectivity index (χ2n) is 16.9. The zero-order valence-corrected chi connectivity index (χ0v) is 35.4. The second-order valence-corrected chi connectivity index (χ2v) is 18.3. The van der Waals surface area contributed by atoms with Crippen molar-refractivity contribution in [2.75, 3.05) is 31.5 Å². The van der Waals surface area contributed by atoms with Crippen LogP contribution in [-0.4, -0.2) is 108 Å². The van der Waals surface area contributed by atoms with Gasteiger partial charge in [0.2, 0.25) is 17.7 Å². The summed E-state index contributed by atoms with van der Waals surface area (Å²) in [4.78, 5) is 72.2. The van der Waals surface area contributed by atoms with Crippen molar-refractivity contribution < 1.29 is 24.0 Å². The van der Waals surface area contributed by atoms with Crippen molar-refractivity contribution in [1.82, 2.24) is 34.1 Å². The number of aromatic nitrogens is 2. The Hall–Kier alpha value is -4.49. The number of piperidine rings is 1. The van der Waals surface area contributed by atoms with E-state index in [4.69, 9.17) is 11.6 Å². The number of nitrogens with one attached hydrogen (secondary N) is 2. The van der Waals surface area contributed by atoms with Gasteiger partial charge in [-0.25, -0.2) is 4.79 Å². The molecule has 2 aromatic carbocycles. The SMILES string of the molecule is C[C@@H]1CN(CCCC2CCC(N3C(=O)N(Sc4ccc(C#N)c(Cl)c4)C(=O)C3(C)C)CC2)C[C@H](C)N1CC(=O)Nc1cccc2c(C3CCC(=O)NC3=O)nn(C)c12. The molecule has 6 amide bonds. The van der Waals surface area contributed by atoms with E-state index < -0.39 is 11.5 Å². The minimum atomic E-state index is -0.954. The normalized spacial score (nSPS) is 25.6. The maximum absolute atomic E-state index is 13.7. The number of rotatable bonds is 11. The number of benzene rings is 2. The van der Waals surface area contributed by atoms with E-state index in [1.54, 1.807) is 34.8 Å². The Morgan fingerprint density at radius 2 is 1.78 bits per heavy atom. The number of anilines is 1. The van der Waals surface area contributed by atoms with Crippen LogP contribution in [-0.2, 0) is 26.2 Å². The van der Waals surface area contributed by atoms with E-state index in [-0.39, 0.29) is 65.8 Å². The number of para-hydroxylation sites is 1. The zero-order valence-electron chi connectivity index (χ0n) is 33.8. The molecule has 1 unspecified atom stereocenters. The number of nitrogens with zero attached hydrogens (tertiary/aromatic N) is 7. The number of hydrogen-bond acceptors (Lipinski definition) is 10. The summed E-state index contributed by atoms with van der Waals surface area (Å²) in [6.07, 6.45) is 6.60. The van der Waals surface area contributed by atoms with Crippen LogP contribution in [0.2, 0.25) is 5.02 Å². The van der Waals surface area contributed by atoms with Crippen LogP contribution >= 0.6 is 23.5 Å². The number of nitriles is 1. The van der Waals surface area contributed by atoms with Crippen LogP contribution in [0.3, 0.4) is 0 Å². The lowest BCUT2D eigenvalue weighted by molar-refractivity contribution is -0.134. The number of amides is 6. The minimum absolute atomic E-state index is 0.00261. The average Bonchev–Trinajstić information content (AvgIpc) is 3.59. The van der Waals surface area contributed by atoms with E-state index in [0.29, 0.717) is 34.2 Å². The van der Waals surface area contributed by atoms with Gasteiger partial charge in [0, 0.05) is 55.0 Å². The van der Waals surface area contributed by atoms with E-state index in [0.717, 1.165) is 81.0 Å². The maximum atomic E-state index is 13.7. The molecule has 2 N–H and O–H groups in total. The fourth-order valence-corrected chi connectivity index (χ4v) is 10.8. The standard InChI is InChI=1S/C42H52ClN9O5S/c1-25-22-49(23-26(2)50(25)24-36(54)45-34-10-6-9-31-37(47-48(5)38(31)34)32-17-18-35(53)46-39(32)55)19-7-8-27-11-14-29(15-12-27)51-41(57)52(40(56)42(51,3)4)58-30-16-13-28(21-44)33(43)20-30/h6,9-10,13,16,20,25-27,29,32H,7-8,11-12,14-15,17-19,22-24H2,1-5H3,(H,45,54)(H,46,53,55)/t25-,26+,27?,29?,32?. The third-order valence-electron chi connectivity index (χ3n) is 12.5. The molecule has 3 atom stereocenters. The molecule has 3 aliphatic heterocycles. The molecule has 308 valence electrons. The van der Waals surface area contributed by atoms with Gasteiger partial charge in [-0.1, -0.05) is 23.7 Å². The van der Waals surface area contributed by atoms with Crippen LogP contribution < -0.4 is 10.6 Å². The number of carbonyl (C=O) groups excluding carboxylic acids is 5. The van der Waals surface area contributed by atoms with Gasteiger partial charge in [0.25, 0.3) is 5.91 Å².